The molecule has 0 aromatic heterocycles. The summed E-state index contributed by atoms with van der Waals surface area (Å²) < 4.78 is 5.52. The molecule has 4 heteroatoms. The van der Waals surface area contributed by atoms with E-state index in [2.05, 4.69) is 70.5 Å². The predicted octanol–water partition coefficient (Wildman–Crippen LogP) is 5.07. The minimum Gasteiger partial charge on any atom is -0.497 e. The van der Waals surface area contributed by atoms with Crippen LogP contribution in [0.5, 0.6) is 5.75 Å². The van der Waals surface area contributed by atoms with E-state index in [-0.39, 0.29) is 5.92 Å². The van der Waals surface area contributed by atoms with Gasteiger partial charge in [-0.25, -0.2) is 0 Å². The lowest BCUT2D eigenvalue weighted by Crippen LogP contribution is -2.48. The first-order chi connectivity index (χ1) is 16.2. The number of carbonyl (C=O) groups is 1. The molecule has 3 atom stereocenters. The van der Waals surface area contributed by atoms with Gasteiger partial charge in [-0.3, -0.25) is 9.69 Å². The summed E-state index contributed by atoms with van der Waals surface area (Å²) in [7, 11) is 1.73. The number of hydrogen-bond acceptors (Lipinski definition) is 3. The lowest BCUT2D eigenvalue weighted by atomic mass is 9.81. The number of carbonyl (C=O) groups excluding carboxylic acids is 1. The molecule has 3 fully saturated rings. The molecule has 2 saturated heterocycles. The number of amides is 1. The Morgan fingerprint density at radius 3 is 2.64 bits per heavy atom. The van der Waals surface area contributed by atoms with Crippen LogP contribution < -0.4 is 4.74 Å². The van der Waals surface area contributed by atoms with Gasteiger partial charge in [0.05, 0.1) is 7.11 Å². The minimum absolute atomic E-state index is 0.281. The summed E-state index contributed by atoms with van der Waals surface area (Å²) in [5.41, 5.74) is 2.70. The first kappa shape index (κ1) is 20.7. The van der Waals surface area contributed by atoms with E-state index >= 15 is 0 Å². The van der Waals surface area contributed by atoms with Crippen molar-refractivity contribution in [2.75, 3.05) is 26.7 Å². The molecule has 6 rings (SSSR count). The molecule has 3 aromatic carbocycles. The summed E-state index contributed by atoms with van der Waals surface area (Å²) >= 11 is 0. The quantitative estimate of drug-likeness (QED) is 0.555. The highest BCUT2D eigenvalue weighted by Gasteiger charge is 2.49. The Morgan fingerprint density at radius 1 is 0.970 bits per heavy atom. The van der Waals surface area contributed by atoms with E-state index in [0.29, 0.717) is 23.8 Å². The van der Waals surface area contributed by atoms with Crippen LogP contribution in [0.2, 0.25) is 0 Å². The van der Waals surface area contributed by atoms with Gasteiger partial charge in [0.2, 0.25) is 5.91 Å². The van der Waals surface area contributed by atoms with Crippen molar-refractivity contribution in [1.29, 1.82) is 0 Å². The molecule has 33 heavy (non-hydrogen) atoms. The minimum atomic E-state index is 0.281. The van der Waals surface area contributed by atoms with Crippen LogP contribution in [0.4, 0.5) is 0 Å². The Bertz CT molecular complexity index is 1170. The van der Waals surface area contributed by atoms with Gasteiger partial charge in [0, 0.05) is 50.0 Å². The van der Waals surface area contributed by atoms with Gasteiger partial charge in [0.1, 0.15) is 5.75 Å². The number of methoxy groups -OCH3 is 1. The van der Waals surface area contributed by atoms with Crippen LogP contribution in [0.1, 0.15) is 36.3 Å². The highest BCUT2D eigenvalue weighted by atomic mass is 16.5. The summed E-state index contributed by atoms with van der Waals surface area (Å²) in [6.45, 7) is 3.89. The Kier molecular flexibility index (Phi) is 5.34. The molecule has 170 valence electrons. The smallest absolute Gasteiger partial charge is 0.225 e. The maximum atomic E-state index is 13.2. The summed E-state index contributed by atoms with van der Waals surface area (Å²) in [5.74, 6) is 2.41. The van der Waals surface area contributed by atoms with Crippen molar-refractivity contribution >= 4 is 16.7 Å². The Labute approximate surface area is 196 Å². The van der Waals surface area contributed by atoms with Crippen molar-refractivity contribution < 1.29 is 9.53 Å². The van der Waals surface area contributed by atoms with Gasteiger partial charge < -0.3 is 9.64 Å². The van der Waals surface area contributed by atoms with Crippen LogP contribution in [0, 0.1) is 11.8 Å². The van der Waals surface area contributed by atoms with Crippen LogP contribution in [-0.4, -0.2) is 48.5 Å². The van der Waals surface area contributed by atoms with Gasteiger partial charge in [-0.05, 0) is 53.3 Å². The van der Waals surface area contributed by atoms with Crippen LogP contribution in [0.15, 0.2) is 66.7 Å². The second kappa shape index (κ2) is 8.49. The van der Waals surface area contributed by atoms with Crippen LogP contribution in [0.3, 0.4) is 0 Å². The van der Waals surface area contributed by atoms with E-state index in [1.165, 1.54) is 21.9 Å². The topological polar surface area (TPSA) is 32.8 Å². The van der Waals surface area contributed by atoms with Crippen molar-refractivity contribution in [2.45, 2.75) is 37.8 Å². The lowest BCUT2D eigenvalue weighted by Gasteiger charge is -2.39. The molecular weight excluding hydrogens is 408 g/mol. The Morgan fingerprint density at radius 2 is 1.79 bits per heavy atom. The largest absolute Gasteiger partial charge is 0.497 e. The summed E-state index contributed by atoms with van der Waals surface area (Å²) in [4.78, 5) is 18.0. The molecule has 0 unspecified atom stereocenters. The fraction of sp³-hybridized carbons (Fsp3) is 0.414. The third-order valence-corrected chi connectivity index (χ3v) is 8.02. The van der Waals surface area contributed by atoms with Crippen molar-refractivity contribution in [3.8, 4) is 5.75 Å². The van der Waals surface area contributed by atoms with E-state index < -0.39 is 0 Å². The molecule has 0 radical (unpaired) electrons. The molecule has 1 aliphatic carbocycles. The second-order valence-electron chi connectivity index (χ2n) is 10.0. The first-order valence-electron chi connectivity index (χ1n) is 12.3. The molecule has 4 nitrogen and oxygen atoms in total. The van der Waals surface area contributed by atoms with E-state index in [1.54, 1.807) is 7.11 Å². The molecule has 0 bridgehead atoms. The monoisotopic (exact) mass is 440 g/mol. The number of nitrogens with zero attached hydrogens (tertiary/aromatic N) is 2. The number of piperidine rings is 1. The van der Waals surface area contributed by atoms with Crippen LogP contribution >= 0.6 is 0 Å². The zero-order valence-corrected chi connectivity index (χ0v) is 19.3. The standard InChI is InChI=1S/C29H32N2O2/c1-33-24-10-5-8-22(16-24)26-19-31(29(32)21-12-13-21)28-14-15-30(18-27(26)28)17-23-9-4-7-20-6-2-3-11-25(20)23/h2-11,16,21,26-28H,12-15,17-19H2,1H3/t26-,27-,28-/m1/s1. The summed E-state index contributed by atoms with van der Waals surface area (Å²) in [6.07, 6.45) is 3.21. The van der Waals surface area contributed by atoms with Crippen LogP contribution in [-0.2, 0) is 11.3 Å². The number of likely N-dealkylation sites (tertiary alicyclic amines) is 2. The maximum Gasteiger partial charge on any atom is 0.225 e. The first-order valence-corrected chi connectivity index (χ1v) is 12.3. The average molecular weight is 441 g/mol. The van der Waals surface area contributed by atoms with E-state index in [1.807, 2.05) is 6.07 Å². The zero-order chi connectivity index (χ0) is 22.4. The average Bonchev–Trinajstić information content (AvgIpc) is 3.65. The van der Waals surface area contributed by atoms with Crippen LogP contribution in [0.25, 0.3) is 10.8 Å². The highest BCUT2D eigenvalue weighted by molar-refractivity contribution is 5.85. The van der Waals surface area contributed by atoms with Crippen molar-refractivity contribution in [3.05, 3.63) is 77.9 Å². The van der Waals surface area contributed by atoms with Gasteiger partial charge in [-0.2, -0.15) is 0 Å². The number of ether oxygens (including phenoxy) is 1. The third-order valence-electron chi connectivity index (χ3n) is 8.02. The SMILES string of the molecule is COc1cccc([C@H]2CN(C(=O)C3CC3)[C@@H]3CCN(Cc4cccc5ccccc45)C[C@H]23)c1. The molecule has 0 N–H and O–H groups in total. The van der Waals surface area contributed by atoms with Gasteiger partial charge in [-0.15, -0.1) is 0 Å². The van der Waals surface area contributed by atoms with E-state index in [0.717, 1.165) is 51.2 Å². The number of rotatable bonds is 5. The fourth-order valence-electron chi connectivity index (χ4n) is 6.16. The zero-order valence-electron chi connectivity index (χ0n) is 19.3. The van der Waals surface area contributed by atoms with Gasteiger partial charge in [0.25, 0.3) is 0 Å². The van der Waals surface area contributed by atoms with Gasteiger partial charge in [-0.1, -0.05) is 54.6 Å². The number of hydrogen-bond donors (Lipinski definition) is 0. The highest BCUT2D eigenvalue weighted by Crippen LogP contribution is 2.45. The summed E-state index contributed by atoms with van der Waals surface area (Å²) in [5, 5.41) is 2.66. The molecule has 2 aliphatic heterocycles. The molecule has 3 aliphatic rings. The molecule has 1 saturated carbocycles. The van der Waals surface area contributed by atoms with Gasteiger partial charge >= 0.3 is 0 Å². The third kappa shape index (κ3) is 3.91. The molecule has 0 spiro atoms. The predicted molar refractivity (Wildman–Crippen MR) is 131 cm³/mol. The van der Waals surface area contributed by atoms with Crippen molar-refractivity contribution in [1.82, 2.24) is 9.80 Å². The van der Waals surface area contributed by atoms with E-state index in [4.69, 9.17) is 4.74 Å². The van der Waals surface area contributed by atoms with Gasteiger partial charge in [0.15, 0.2) is 0 Å². The molecular formula is C29H32N2O2. The second-order valence-corrected chi connectivity index (χ2v) is 10.0. The molecule has 3 aromatic rings. The Hall–Kier alpha value is -2.85. The molecule has 1 amide bonds. The van der Waals surface area contributed by atoms with Crippen molar-refractivity contribution in [3.63, 3.8) is 0 Å². The number of benzene rings is 3. The molecule has 2 heterocycles. The normalized spacial score (nSPS) is 25.2. The van der Waals surface area contributed by atoms with E-state index in [9.17, 15) is 4.79 Å². The fourth-order valence-corrected chi connectivity index (χ4v) is 6.16. The maximum absolute atomic E-state index is 13.2. The summed E-state index contributed by atoms with van der Waals surface area (Å²) in [6, 6.07) is 24.2. The number of fused-ring (bicyclic) bond motifs is 2. The lowest BCUT2D eigenvalue weighted by molar-refractivity contribution is -0.134. The van der Waals surface area contributed by atoms with Crippen molar-refractivity contribution in [2.24, 2.45) is 11.8 Å². The Balaban J connectivity index is 1.28.